The van der Waals surface area contributed by atoms with E-state index in [1.165, 1.54) is 5.57 Å². The molecule has 3 aliphatic carbocycles. The lowest BCUT2D eigenvalue weighted by molar-refractivity contribution is -0.318. The van der Waals surface area contributed by atoms with Crippen LogP contribution in [0, 0.1) is 28.1 Å². The summed E-state index contributed by atoms with van der Waals surface area (Å²) >= 11 is 0. The van der Waals surface area contributed by atoms with Gasteiger partial charge in [0.1, 0.15) is 42.7 Å². The van der Waals surface area contributed by atoms with Crippen LogP contribution in [0.5, 0.6) is 0 Å². The first-order valence-electron chi connectivity index (χ1n) is 15.3. The van der Waals surface area contributed by atoms with Gasteiger partial charge in [0.15, 0.2) is 12.6 Å². The summed E-state index contributed by atoms with van der Waals surface area (Å²) < 4.78 is 24.1. The van der Waals surface area contributed by atoms with Crippen molar-refractivity contribution in [2.45, 2.75) is 127 Å². The molecule has 11 heteroatoms. The molecule has 240 valence electrons. The first kappa shape index (κ1) is 32.4. The minimum atomic E-state index is -1.52. The molecule has 2 saturated heterocycles. The van der Waals surface area contributed by atoms with Gasteiger partial charge < -0.3 is 54.7 Å². The first-order valence-corrected chi connectivity index (χ1v) is 15.3. The maximum absolute atomic E-state index is 10.7. The highest BCUT2D eigenvalue weighted by Crippen LogP contribution is 2.64. The predicted molar refractivity (Wildman–Crippen MR) is 150 cm³/mol. The summed E-state index contributed by atoms with van der Waals surface area (Å²) in [6.45, 7) is 11.9. The molecule has 5 aliphatic rings. The molecule has 0 radical (unpaired) electrons. The molecule has 2 aliphatic heterocycles. The van der Waals surface area contributed by atoms with Gasteiger partial charge in [0.05, 0.1) is 25.4 Å². The Labute approximate surface area is 247 Å². The Bertz CT molecular complexity index is 1020. The summed E-state index contributed by atoms with van der Waals surface area (Å²) in [4.78, 5) is 0. The van der Waals surface area contributed by atoms with Crippen molar-refractivity contribution < 1.29 is 54.7 Å². The summed E-state index contributed by atoms with van der Waals surface area (Å²) in [6, 6.07) is 0. The molecule has 4 fully saturated rings. The number of aliphatic hydroxyl groups excluding tert-OH is 7. The van der Waals surface area contributed by atoms with Crippen LogP contribution in [0.25, 0.3) is 0 Å². The van der Waals surface area contributed by atoms with Crippen molar-refractivity contribution in [3.8, 4) is 0 Å². The van der Waals surface area contributed by atoms with Gasteiger partial charge in [-0.15, -0.1) is 6.58 Å². The van der Waals surface area contributed by atoms with Crippen molar-refractivity contribution >= 4 is 0 Å². The van der Waals surface area contributed by atoms with Crippen LogP contribution in [0.2, 0.25) is 0 Å². The number of hydrogen-bond donors (Lipinski definition) is 7. The summed E-state index contributed by atoms with van der Waals surface area (Å²) in [5, 5.41) is 71.1. The highest BCUT2D eigenvalue weighted by Gasteiger charge is 2.60. The molecule has 0 spiro atoms. The number of rotatable bonds is 7. The van der Waals surface area contributed by atoms with E-state index in [0.29, 0.717) is 12.8 Å². The van der Waals surface area contributed by atoms with Crippen molar-refractivity contribution in [3.05, 3.63) is 24.3 Å². The Balaban J connectivity index is 1.36. The highest BCUT2D eigenvalue weighted by molar-refractivity contribution is 5.29. The third-order valence-corrected chi connectivity index (χ3v) is 11.5. The minimum absolute atomic E-state index is 0.116. The van der Waals surface area contributed by atoms with Gasteiger partial charge in [-0.25, -0.2) is 0 Å². The molecule has 7 N–H and O–H groups in total. The maximum Gasteiger partial charge on any atom is 0.187 e. The van der Waals surface area contributed by atoms with Gasteiger partial charge in [-0.1, -0.05) is 45.4 Å². The van der Waals surface area contributed by atoms with Crippen LogP contribution in [0.1, 0.15) is 59.8 Å². The number of fused-ring (bicyclic) bond motifs is 3. The Morgan fingerprint density at radius 2 is 1.38 bits per heavy atom. The van der Waals surface area contributed by atoms with E-state index in [1.807, 2.05) is 13.0 Å². The van der Waals surface area contributed by atoms with Crippen molar-refractivity contribution in [1.82, 2.24) is 0 Å². The van der Waals surface area contributed by atoms with Crippen LogP contribution in [-0.4, -0.2) is 116 Å². The normalized spacial score (nSPS) is 52.3. The molecular weight excluding hydrogens is 548 g/mol. The van der Waals surface area contributed by atoms with Gasteiger partial charge in [0.2, 0.25) is 0 Å². The number of hydrogen-bond acceptors (Lipinski definition) is 11. The fraction of sp³-hybridized carbons (Fsp3) is 0.871. The highest BCUT2D eigenvalue weighted by atomic mass is 16.7. The van der Waals surface area contributed by atoms with Crippen LogP contribution in [0.15, 0.2) is 24.3 Å². The van der Waals surface area contributed by atoms with Crippen molar-refractivity contribution in [2.75, 3.05) is 13.2 Å². The van der Waals surface area contributed by atoms with Crippen LogP contribution in [-0.2, 0) is 18.9 Å². The molecule has 15 atom stereocenters. The van der Waals surface area contributed by atoms with Crippen LogP contribution in [0.4, 0.5) is 0 Å². The summed E-state index contributed by atoms with van der Waals surface area (Å²) in [5.41, 5.74) is 0.374. The quantitative estimate of drug-likeness (QED) is 0.201. The molecule has 11 nitrogen and oxygen atoms in total. The van der Waals surface area contributed by atoms with Gasteiger partial charge in [0.25, 0.3) is 0 Å². The smallest absolute Gasteiger partial charge is 0.187 e. The van der Waals surface area contributed by atoms with Gasteiger partial charge in [-0.3, -0.25) is 0 Å². The van der Waals surface area contributed by atoms with Crippen LogP contribution < -0.4 is 0 Å². The SMILES string of the molecule is C=C[C@@]1(C)C=C2CC[C@H]3C(C)(C)[C@@H](O[C@@H]4O[C@@H](CO)[C@H](O)[C@H]4O)CC[C@@]3(C)[C@H]2C[C@H]1O[C@@H]1O[C@H](CO)[C@@H](O)[C@H](O)[C@H]1O. The largest absolute Gasteiger partial charge is 0.394 e. The van der Waals surface area contributed by atoms with Crippen molar-refractivity contribution in [2.24, 2.45) is 28.1 Å². The lowest BCUT2D eigenvalue weighted by Crippen LogP contribution is -2.61. The monoisotopic (exact) mass is 598 g/mol. The van der Waals surface area contributed by atoms with Crippen molar-refractivity contribution in [1.29, 1.82) is 0 Å². The van der Waals surface area contributed by atoms with Crippen LogP contribution in [0.3, 0.4) is 0 Å². The van der Waals surface area contributed by atoms with E-state index in [-0.39, 0.29) is 28.8 Å². The first-order chi connectivity index (χ1) is 19.7. The van der Waals surface area contributed by atoms with E-state index >= 15 is 0 Å². The van der Waals surface area contributed by atoms with Crippen molar-refractivity contribution in [3.63, 3.8) is 0 Å². The summed E-state index contributed by atoms with van der Waals surface area (Å²) in [7, 11) is 0. The molecule has 2 saturated carbocycles. The lowest BCUT2D eigenvalue weighted by Gasteiger charge is -2.62. The standard InChI is InChI=1S/C31H50O11/c1-6-30(4)12-15-7-8-19-29(2,3)20(41-27-25(37)23(35)18(14-33)40-27)9-10-31(19,5)16(15)11-21(30)42-28-26(38)24(36)22(34)17(13-32)39-28/h6,12,16-28,32-38H,1,7-11,13-14H2,2-5H3/t16-,17+,18-,19-,20-,21+,22+,23-,24-,25+,26+,27-,28-,30-,31-/m0/s1. The third-order valence-electron chi connectivity index (χ3n) is 11.5. The molecule has 0 unspecified atom stereocenters. The number of ether oxygens (including phenoxy) is 4. The van der Waals surface area contributed by atoms with Gasteiger partial charge in [-0.2, -0.15) is 0 Å². The Morgan fingerprint density at radius 1 is 0.833 bits per heavy atom. The third kappa shape index (κ3) is 5.22. The van der Waals surface area contributed by atoms with E-state index in [4.69, 9.17) is 18.9 Å². The second-order valence-corrected chi connectivity index (χ2v) is 14.2. The average Bonchev–Trinajstić information content (AvgIpc) is 3.23. The van der Waals surface area contributed by atoms with E-state index < -0.39 is 80.0 Å². The lowest BCUT2D eigenvalue weighted by atomic mass is 9.44. The topological polar surface area (TPSA) is 179 Å². The zero-order valence-electron chi connectivity index (χ0n) is 25.1. The van der Waals surface area contributed by atoms with Gasteiger partial charge in [-0.05, 0) is 54.8 Å². The van der Waals surface area contributed by atoms with E-state index in [1.54, 1.807) is 0 Å². The average molecular weight is 599 g/mol. The summed E-state index contributed by atoms with van der Waals surface area (Å²) in [5.74, 6) is 0.414. The fourth-order valence-corrected chi connectivity index (χ4v) is 8.76. The van der Waals surface area contributed by atoms with Crippen LogP contribution >= 0.6 is 0 Å². The molecule has 0 amide bonds. The number of allylic oxidation sites excluding steroid dienone is 1. The predicted octanol–water partition coefficient (Wildman–Crippen LogP) is 0.371. The van der Waals surface area contributed by atoms with Gasteiger partial charge >= 0.3 is 0 Å². The van der Waals surface area contributed by atoms with E-state index in [0.717, 1.165) is 19.3 Å². The molecule has 5 rings (SSSR count). The molecule has 0 aromatic rings. The molecule has 2 heterocycles. The minimum Gasteiger partial charge on any atom is -0.394 e. The number of aliphatic hydroxyl groups is 7. The zero-order chi connectivity index (χ0) is 30.8. The maximum atomic E-state index is 10.7. The van der Waals surface area contributed by atoms with E-state index in [2.05, 4.69) is 33.4 Å². The molecule has 42 heavy (non-hydrogen) atoms. The van der Waals surface area contributed by atoms with Gasteiger partial charge in [0, 0.05) is 5.41 Å². The molecule has 0 aromatic carbocycles. The van der Waals surface area contributed by atoms with E-state index in [9.17, 15) is 35.7 Å². The molecule has 0 aromatic heterocycles. The second kappa shape index (κ2) is 11.8. The molecular formula is C31H50O11. The Kier molecular flexibility index (Phi) is 9.08. The second-order valence-electron chi connectivity index (χ2n) is 14.2. The fourth-order valence-electron chi connectivity index (χ4n) is 8.76. The zero-order valence-corrected chi connectivity index (χ0v) is 25.1. The Morgan fingerprint density at radius 3 is 1.95 bits per heavy atom. The Hall–Kier alpha value is -0.960. The molecule has 0 bridgehead atoms. The summed E-state index contributed by atoms with van der Waals surface area (Å²) in [6.07, 6.45) is -3.64.